The Hall–Kier alpha value is -1.26. The number of hydrogen-bond donors (Lipinski definition) is 2. The Kier molecular flexibility index (Phi) is 3.94. The monoisotopic (exact) mass is 244 g/mol. The molecule has 0 spiro atoms. The van der Waals surface area contributed by atoms with Crippen LogP contribution < -0.4 is 11.5 Å². The highest BCUT2D eigenvalue weighted by atomic mass is 35.5. The predicted molar refractivity (Wildman–Crippen MR) is 64.5 cm³/mol. The van der Waals surface area contributed by atoms with Crippen molar-refractivity contribution in [3.8, 4) is 0 Å². The maximum atomic E-state index is 5.98. The van der Waals surface area contributed by atoms with Crippen LogP contribution in [0.15, 0.2) is 28.4 Å². The van der Waals surface area contributed by atoms with Crippen molar-refractivity contribution in [3.63, 3.8) is 0 Å². The van der Waals surface area contributed by atoms with Gasteiger partial charge in [0.05, 0.1) is 15.8 Å². The number of hydrogen-bond acceptors (Lipinski definition) is 2. The zero-order valence-electron chi connectivity index (χ0n) is 8.04. The van der Waals surface area contributed by atoms with Gasteiger partial charge >= 0.3 is 0 Å². The van der Waals surface area contributed by atoms with Gasteiger partial charge < -0.3 is 11.5 Å². The summed E-state index contributed by atoms with van der Waals surface area (Å²) >= 11 is 11.8. The van der Waals surface area contributed by atoms with Crippen molar-refractivity contribution >= 4 is 34.9 Å². The van der Waals surface area contributed by atoms with E-state index in [0.29, 0.717) is 21.3 Å². The van der Waals surface area contributed by atoms with E-state index >= 15 is 0 Å². The Morgan fingerprint density at radius 3 is 2.47 bits per heavy atom. The van der Waals surface area contributed by atoms with Gasteiger partial charge in [0, 0.05) is 5.56 Å². The minimum absolute atomic E-state index is 0.104. The van der Waals surface area contributed by atoms with Crippen molar-refractivity contribution in [2.75, 3.05) is 0 Å². The minimum Gasteiger partial charge on any atom is -0.369 e. The smallest absolute Gasteiger partial charge is 0.211 e. The van der Waals surface area contributed by atoms with E-state index in [0.717, 1.165) is 0 Å². The molecule has 0 aliphatic carbocycles. The van der Waals surface area contributed by atoms with E-state index in [9.17, 15) is 0 Å². The molecule has 15 heavy (non-hydrogen) atoms. The summed E-state index contributed by atoms with van der Waals surface area (Å²) in [4.78, 5) is 0. The number of benzene rings is 1. The number of rotatable bonds is 2. The summed E-state index contributed by atoms with van der Waals surface area (Å²) in [6.45, 7) is 1.74. The fourth-order valence-corrected chi connectivity index (χ4v) is 1.41. The van der Waals surface area contributed by atoms with Crippen LogP contribution in [-0.4, -0.2) is 11.7 Å². The van der Waals surface area contributed by atoms with Crippen LogP contribution in [0.1, 0.15) is 12.5 Å². The highest BCUT2D eigenvalue weighted by Crippen LogP contribution is 2.25. The topological polar surface area (TPSA) is 76.8 Å². The quantitative estimate of drug-likeness (QED) is 0.475. The van der Waals surface area contributed by atoms with Crippen molar-refractivity contribution in [1.29, 1.82) is 0 Å². The number of nitrogens with zero attached hydrogens (tertiary/aromatic N) is 2. The van der Waals surface area contributed by atoms with Gasteiger partial charge in [-0.1, -0.05) is 35.3 Å². The summed E-state index contributed by atoms with van der Waals surface area (Å²) in [5, 5.41) is 8.24. The SMILES string of the molecule is C/C(=N\N=C(N)N)c1cccc(Cl)c1Cl. The van der Waals surface area contributed by atoms with Gasteiger partial charge in [0.2, 0.25) is 5.96 Å². The lowest BCUT2D eigenvalue weighted by atomic mass is 10.1. The second-order valence-corrected chi connectivity index (χ2v) is 3.60. The normalized spacial score (nSPS) is 11.3. The van der Waals surface area contributed by atoms with Crippen LogP contribution in [0.3, 0.4) is 0 Å². The molecule has 0 saturated heterocycles. The third-order valence-corrected chi connectivity index (χ3v) is 2.48. The first-order chi connectivity index (χ1) is 7.02. The van der Waals surface area contributed by atoms with E-state index < -0.39 is 0 Å². The molecular weight excluding hydrogens is 235 g/mol. The van der Waals surface area contributed by atoms with Crippen molar-refractivity contribution in [1.82, 2.24) is 0 Å². The lowest BCUT2D eigenvalue weighted by molar-refractivity contribution is 1.20. The molecule has 0 unspecified atom stereocenters. The molecule has 0 amide bonds. The molecule has 0 aromatic heterocycles. The van der Waals surface area contributed by atoms with Crippen LogP contribution in [0.4, 0.5) is 0 Å². The van der Waals surface area contributed by atoms with Crippen molar-refractivity contribution < 1.29 is 0 Å². The van der Waals surface area contributed by atoms with Gasteiger partial charge in [0.25, 0.3) is 0 Å². The van der Waals surface area contributed by atoms with E-state index in [1.165, 1.54) is 0 Å². The van der Waals surface area contributed by atoms with E-state index in [1.807, 2.05) is 0 Å². The fourth-order valence-electron chi connectivity index (χ4n) is 0.970. The molecule has 1 aromatic rings. The lowest BCUT2D eigenvalue weighted by Crippen LogP contribution is -2.22. The van der Waals surface area contributed by atoms with Crippen LogP contribution in [0, 0.1) is 0 Å². The average molecular weight is 245 g/mol. The van der Waals surface area contributed by atoms with Crippen molar-refractivity contribution in [2.45, 2.75) is 6.92 Å². The molecule has 1 rings (SSSR count). The van der Waals surface area contributed by atoms with Crippen LogP contribution in [0.5, 0.6) is 0 Å². The summed E-state index contributed by atoms with van der Waals surface area (Å²) in [6.07, 6.45) is 0. The summed E-state index contributed by atoms with van der Waals surface area (Å²) in [5.74, 6) is -0.104. The summed E-state index contributed by atoms with van der Waals surface area (Å²) < 4.78 is 0. The molecule has 6 heteroatoms. The second kappa shape index (κ2) is 5.00. The van der Waals surface area contributed by atoms with Gasteiger partial charge in [-0.05, 0) is 13.0 Å². The first-order valence-electron chi connectivity index (χ1n) is 4.10. The van der Waals surface area contributed by atoms with Gasteiger partial charge in [0.1, 0.15) is 0 Å². The van der Waals surface area contributed by atoms with E-state index in [4.69, 9.17) is 34.7 Å². The molecule has 0 saturated carbocycles. The van der Waals surface area contributed by atoms with Gasteiger partial charge in [-0.15, -0.1) is 5.10 Å². The molecule has 0 aliphatic heterocycles. The van der Waals surface area contributed by atoms with Crippen LogP contribution in [-0.2, 0) is 0 Å². The molecule has 0 atom stereocenters. The zero-order valence-corrected chi connectivity index (χ0v) is 9.55. The van der Waals surface area contributed by atoms with Gasteiger partial charge in [-0.25, -0.2) is 0 Å². The van der Waals surface area contributed by atoms with E-state index in [1.54, 1.807) is 25.1 Å². The number of halogens is 2. The molecule has 0 heterocycles. The molecule has 0 bridgehead atoms. The predicted octanol–water partition coefficient (Wildman–Crippen LogP) is 1.99. The summed E-state index contributed by atoms with van der Waals surface area (Å²) in [6, 6.07) is 5.26. The lowest BCUT2D eigenvalue weighted by Gasteiger charge is -2.03. The fraction of sp³-hybridized carbons (Fsp3) is 0.111. The van der Waals surface area contributed by atoms with Crippen LogP contribution in [0.25, 0.3) is 0 Å². The standard InChI is InChI=1S/C9H10Cl2N4/c1-5(14-15-9(12)13)6-3-2-4-7(10)8(6)11/h2-4H,1H3,(H4,12,13,15)/b14-5+. The van der Waals surface area contributed by atoms with E-state index in [2.05, 4.69) is 10.2 Å². The second-order valence-electron chi connectivity index (χ2n) is 2.81. The molecule has 1 aromatic carbocycles. The summed E-state index contributed by atoms with van der Waals surface area (Å²) in [5.41, 5.74) is 11.6. The largest absolute Gasteiger partial charge is 0.369 e. The molecule has 0 aliphatic rings. The number of nitrogens with two attached hydrogens (primary N) is 2. The van der Waals surface area contributed by atoms with Gasteiger partial charge in [-0.3, -0.25) is 0 Å². The van der Waals surface area contributed by atoms with E-state index in [-0.39, 0.29) is 5.96 Å². The molecule has 80 valence electrons. The maximum Gasteiger partial charge on any atom is 0.211 e. The Morgan fingerprint density at radius 1 is 1.20 bits per heavy atom. The van der Waals surface area contributed by atoms with Gasteiger partial charge in [0.15, 0.2) is 0 Å². The van der Waals surface area contributed by atoms with Crippen LogP contribution in [0.2, 0.25) is 10.0 Å². The maximum absolute atomic E-state index is 5.98. The Labute approximate surface area is 97.6 Å². The average Bonchev–Trinajstić information content (AvgIpc) is 2.18. The first-order valence-corrected chi connectivity index (χ1v) is 4.85. The van der Waals surface area contributed by atoms with Gasteiger partial charge in [-0.2, -0.15) is 5.10 Å². The molecule has 4 nitrogen and oxygen atoms in total. The number of guanidine groups is 1. The molecule has 0 fully saturated rings. The van der Waals surface area contributed by atoms with Crippen molar-refractivity contribution in [2.24, 2.45) is 21.7 Å². The van der Waals surface area contributed by atoms with Crippen LogP contribution >= 0.6 is 23.2 Å². The highest BCUT2D eigenvalue weighted by Gasteiger charge is 2.06. The Balaban J connectivity index is 3.12. The van der Waals surface area contributed by atoms with Crippen molar-refractivity contribution in [3.05, 3.63) is 33.8 Å². The Morgan fingerprint density at radius 2 is 1.87 bits per heavy atom. The third kappa shape index (κ3) is 3.11. The zero-order chi connectivity index (χ0) is 11.4. The molecule has 4 N–H and O–H groups in total. The molecular formula is C9H10Cl2N4. The first kappa shape index (κ1) is 11.8. The Bertz CT molecular complexity index is 422. The summed E-state index contributed by atoms with van der Waals surface area (Å²) in [7, 11) is 0. The molecule has 0 radical (unpaired) electrons. The minimum atomic E-state index is -0.104. The third-order valence-electron chi connectivity index (χ3n) is 1.66. The highest BCUT2D eigenvalue weighted by molar-refractivity contribution is 6.44.